The summed E-state index contributed by atoms with van der Waals surface area (Å²) in [5.74, 6) is 0.426. The maximum Gasteiger partial charge on any atom is 0.224 e. The number of hydrogen-bond donors (Lipinski definition) is 2. The Morgan fingerprint density at radius 3 is 2.86 bits per heavy atom. The molecule has 1 aliphatic rings. The fourth-order valence-electron chi connectivity index (χ4n) is 1.93. The van der Waals surface area contributed by atoms with E-state index in [-0.39, 0.29) is 11.8 Å². The standard InChI is InChI=1S/C11H22N2O/c1-3-4-5-7-13-11(14)10-6-8-12-9(10)2/h9-10,12H,3-8H2,1-2H3,(H,13,14). The van der Waals surface area contributed by atoms with Crippen LogP contribution in [0.5, 0.6) is 0 Å². The normalized spacial score (nSPS) is 26.4. The molecule has 1 rings (SSSR count). The summed E-state index contributed by atoms with van der Waals surface area (Å²) < 4.78 is 0. The molecule has 82 valence electrons. The Kier molecular flexibility index (Phi) is 4.94. The average Bonchev–Trinajstić information content (AvgIpc) is 2.59. The first-order chi connectivity index (χ1) is 6.75. The Hall–Kier alpha value is -0.570. The van der Waals surface area contributed by atoms with Crippen LogP contribution in [0.3, 0.4) is 0 Å². The van der Waals surface area contributed by atoms with Crippen LogP contribution < -0.4 is 10.6 Å². The second-order valence-electron chi connectivity index (χ2n) is 4.14. The minimum atomic E-state index is 0.191. The molecule has 2 N–H and O–H groups in total. The molecule has 0 aromatic heterocycles. The summed E-state index contributed by atoms with van der Waals surface area (Å²) in [6, 6.07) is 0.348. The Morgan fingerprint density at radius 1 is 1.50 bits per heavy atom. The summed E-state index contributed by atoms with van der Waals surface area (Å²) in [5, 5.41) is 6.30. The molecule has 1 aliphatic heterocycles. The van der Waals surface area contributed by atoms with E-state index in [1.54, 1.807) is 0 Å². The summed E-state index contributed by atoms with van der Waals surface area (Å²) >= 11 is 0. The van der Waals surface area contributed by atoms with Crippen LogP contribution in [0, 0.1) is 5.92 Å². The van der Waals surface area contributed by atoms with Crippen LogP contribution in [0.4, 0.5) is 0 Å². The van der Waals surface area contributed by atoms with E-state index in [0.29, 0.717) is 6.04 Å². The van der Waals surface area contributed by atoms with Crippen LogP contribution >= 0.6 is 0 Å². The number of hydrogen-bond acceptors (Lipinski definition) is 2. The Morgan fingerprint density at radius 2 is 2.29 bits per heavy atom. The Bertz CT molecular complexity index is 182. The number of carbonyl (C=O) groups is 1. The highest BCUT2D eigenvalue weighted by Gasteiger charge is 2.28. The molecule has 1 heterocycles. The van der Waals surface area contributed by atoms with Gasteiger partial charge in [0.05, 0.1) is 5.92 Å². The number of unbranched alkanes of at least 4 members (excludes halogenated alkanes) is 2. The Labute approximate surface area is 86.6 Å². The lowest BCUT2D eigenvalue weighted by molar-refractivity contribution is -0.125. The van der Waals surface area contributed by atoms with Crippen molar-refractivity contribution >= 4 is 5.91 Å². The van der Waals surface area contributed by atoms with Crippen molar-refractivity contribution in [3.05, 3.63) is 0 Å². The summed E-state index contributed by atoms with van der Waals surface area (Å²) in [7, 11) is 0. The third kappa shape index (κ3) is 3.29. The van der Waals surface area contributed by atoms with Gasteiger partial charge in [0.25, 0.3) is 0 Å². The van der Waals surface area contributed by atoms with E-state index < -0.39 is 0 Å². The number of amides is 1. The van der Waals surface area contributed by atoms with Gasteiger partial charge in [-0.15, -0.1) is 0 Å². The molecule has 14 heavy (non-hydrogen) atoms. The van der Waals surface area contributed by atoms with Gasteiger partial charge in [0.2, 0.25) is 5.91 Å². The molecule has 2 unspecified atom stereocenters. The van der Waals surface area contributed by atoms with Crippen molar-refractivity contribution < 1.29 is 4.79 Å². The van der Waals surface area contributed by atoms with Crippen LogP contribution in [0.1, 0.15) is 39.5 Å². The van der Waals surface area contributed by atoms with Crippen LogP contribution in [-0.4, -0.2) is 25.0 Å². The predicted molar refractivity (Wildman–Crippen MR) is 58.1 cm³/mol. The lowest BCUT2D eigenvalue weighted by atomic mass is 10.0. The minimum absolute atomic E-state index is 0.191. The summed E-state index contributed by atoms with van der Waals surface area (Å²) in [6.45, 7) is 6.08. The third-order valence-electron chi connectivity index (χ3n) is 2.94. The minimum Gasteiger partial charge on any atom is -0.356 e. The molecule has 0 aliphatic carbocycles. The van der Waals surface area contributed by atoms with Crippen LogP contribution in [-0.2, 0) is 4.79 Å². The van der Waals surface area contributed by atoms with Gasteiger partial charge in [0, 0.05) is 12.6 Å². The summed E-state index contributed by atoms with van der Waals surface area (Å²) in [6.07, 6.45) is 4.51. The quantitative estimate of drug-likeness (QED) is 0.654. The molecule has 3 nitrogen and oxygen atoms in total. The lowest BCUT2D eigenvalue weighted by Crippen LogP contribution is -2.37. The zero-order valence-corrected chi connectivity index (χ0v) is 9.31. The van der Waals surface area contributed by atoms with E-state index in [9.17, 15) is 4.79 Å². The summed E-state index contributed by atoms with van der Waals surface area (Å²) in [5.41, 5.74) is 0. The van der Waals surface area contributed by atoms with E-state index in [4.69, 9.17) is 0 Å². The van der Waals surface area contributed by atoms with Gasteiger partial charge in [-0.05, 0) is 26.3 Å². The van der Waals surface area contributed by atoms with Gasteiger partial charge >= 0.3 is 0 Å². The molecule has 1 amide bonds. The second kappa shape index (κ2) is 6.02. The molecular formula is C11H22N2O. The fourth-order valence-corrected chi connectivity index (χ4v) is 1.93. The van der Waals surface area contributed by atoms with Gasteiger partial charge in [0.1, 0.15) is 0 Å². The first-order valence-electron chi connectivity index (χ1n) is 5.76. The summed E-state index contributed by atoms with van der Waals surface area (Å²) in [4.78, 5) is 11.7. The lowest BCUT2D eigenvalue weighted by Gasteiger charge is -2.14. The number of rotatable bonds is 5. The predicted octanol–water partition coefficient (Wildman–Crippen LogP) is 1.29. The number of carbonyl (C=O) groups excluding carboxylic acids is 1. The maximum absolute atomic E-state index is 11.7. The zero-order valence-electron chi connectivity index (χ0n) is 9.31. The molecule has 1 fully saturated rings. The molecular weight excluding hydrogens is 176 g/mol. The molecule has 0 spiro atoms. The van der Waals surface area contributed by atoms with Crippen molar-refractivity contribution in [2.75, 3.05) is 13.1 Å². The van der Waals surface area contributed by atoms with Crippen molar-refractivity contribution in [1.29, 1.82) is 0 Å². The highest BCUT2D eigenvalue weighted by molar-refractivity contribution is 5.79. The van der Waals surface area contributed by atoms with Gasteiger partial charge in [0.15, 0.2) is 0 Å². The molecule has 0 aromatic carbocycles. The van der Waals surface area contributed by atoms with Gasteiger partial charge in [-0.2, -0.15) is 0 Å². The monoisotopic (exact) mass is 198 g/mol. The number of nitrogens with one attached hydrogen (secondary N) is 2. The van der Waals surface area contributed by atoms with Gasteiger partial charge in [-0.25, -0.2) is 0 Å². The zero-order chi connectivity index (χ0) is 10.4. The smallest absolute Gasteiger partial charge is 0.224 e. The molecule has 2 atom stereocenters. The van der Waals surface area contributed by atoms with Crippen LogP contribution in [0.15, 0.2) is 0 Å². The first kappa shape index (κ1) is 11.5. The SMILES string of the molecule is CCCCCNC(=O)C1CCNC1C. The van der Waals surface area contributed by atoms with Gasteiger partial charge < -0.3 is 10.6 Å². The fraction of sp³-hybridized carbons (Fsp3) is 0.909. The van der Waals surface area contributed by atoms with Gasteiger partial charge in [-0.3, -0.25) is 4.79 Å². The van der Waals surface area contributed by atoms with Crippen molar-refractivity contribution in [3.63, 3.8) is 0 Å². The molecule has 1 saturated heterocycles. The second-order valence-corrected chi connectivity index (χ2v) is 4.14. The molecule has 0 bridgehead atoms. The van der Waals surface area contributed by atoms with Crippen LogP contribution in [0.2, 0.25) is 0 Å². The average molecular weight is 198 g/mol. The van der Waals surface area contributed by atoms with Gasteiger partial charge in [-0.1, -0.05) is 19.8 Å². The van der Waals surface area contributed by atoms with Crippen molar-refractivity contribution in [2.24, 2.45) is 5.92 Å². The van der Waals surface area contributed by atoms with E-state index in [0.717, 1.165) is 25.9 Å². The molecule has 3 heteroatoms. The molecule has 0 aromatic rings. The van der Waals surface area contributed by atoms with E-state index in [1.165, 1.54) is 12.8 Å². The highest BCUT2D eigenvalue weighted by atomic mass is 16.1. The highest BCUT2D eigenvalue weighted by Crippen LogP contribution is 2.14. The van der Waals surface area contributed by atoms with Crippen molar-refractivity contribution in [1.82, 2.24) is 10.6 Å². The Balaban J connectivity index is 2.14. The molecule has 0 radical (unpaired) electrons. The maximum atomic E-state index is 11.7. The van der Waals surface area contributed by atoms with E-state index in [2.05, 4.69) is 24.5 Å². The largest absolute Gasteiger partial charge is 0.356 e. The van der Waals surface area contributed by atoms with Crippen LogP contribution in [0.25, 0.3) is 0 Å². The molecule has 0 saturated carbocycles. The first-order valence-corrected chi connectivity index (χ1v) is 5.76. The topological polar surface area (TPSA) is 41.1 Å². The van der Waals surface area contributed by atoms with Crippen molar-refractivity contribution in [2.45, 2.75) is 45.6 Å². The van der Waals surface area contributed by atoms with E-state index >= 15 is 0 Å². The third-order valence-corrected chi connectivity index (χ3v) is 2.94. The van der Waals surface area contributed by atoms with Crippen molar-refractivity contribution in [3.8, 4) is 0 Å². The van der Waals surface area contributed by atoms with E-state index in [1.807, 2.05) is 0 Å².